The SMILES string of the molecule is S=C(NC1CCN(Cc2ccccc2)CC1)[C@@H](CCC1CCCCC1)NC[C@@H]1CSCN1. The van der Waals surface area contributed by atoms with Crippen LogP contribution in [0.1, 0.15) is 63.4 Å². The van der Waals surface area contributed by atoms with Crippen molar-refractivity contribution in [2.24, 2.45) is 5.92 Å². The summed E-state index contributed by atoms with van der Waals surface area (Å²) in [7, 11) is 0. The summed E-state index contributed by atoms with van der Waals surface area (Å²) in [5.74, 6) is 3.21. The van der Waals surface area contributed by atoms with Gasteiger partial charge in [0.05, 0.1) is 11.0 Å². The van der Waals surface area contributed by atoms with Crippen molar-refractivity contribution in [2.75, 3.05) is 31.3 Å². The molecular formula is C26H42N4S2. The van der Waals surface area contributed by atoms with Gasteiger partial charge in [-0.3, -0.25) is 4.90 Å². The topological polar surface area (TPSA) is 39.3 Å². The van der Waals surface area contributed by atoms with E-state index in [1.165, 1.54) is 69.1 Å². The van der Waals surface area contributed by atoms with E-state index in [4.69, 9.17) is 12.2 Å². The number of piperidine rings is 1. The predicted molar refractivity (Wildman–Crippen MR) is 142 cm³/mol. The lowest BCUT2D eigenvalue weighted by molar-refractivity contribution is 0.198. The Balaban J connectivity index is 1.23. The Morgan fingerprint density at radius 3 is 2.59 bits per heavy atom. The predicted octanol–water partition coefficient (Wildman–Crippen LogP) is 4.55. The van der Waals surface area contributed by atoms with E-state index in [9.17, 15) is 0 Å². The van der Waals surface area contributed by atoms with Gasteiger partial charge in [0, 0.05) is 49.9 Å². The Bertz CT molecular complexity index is 666. The van der Waals surface area contributed by atoms with Crippen LogP contribution < -0.4 is 16.0 Å². The largest absolute Gasteiger partial charge is 0.376 e. The molecular weight excluding hydrogens is 432 g/mol. The first-order chi connectivity index (χ1) is 15.8. The average Bonchev–Trinajstić information content (AvgIpc) is 3.35. The van der Waals surface area contributed by atoms with Crippen molar-refractivity contribution in [1.82, 2.24) is 20.9 Å². The van der Waals surface area contributed by atoms with E-state index in [1.807, 2.05) is 11.8 Å². The Morgan fingerprint density at radius 1 is 1.09 bits per heavy atom. The molecule has 1 aromatic carbocycles. The van der Waals surface area contributed by atoms with Gasteiger partial charge in [-0.25, -0.2) is 0 Å². The van der Waals surface area contributed by atoms with Gasteiger partial charge in [0.1, 0.15) is 0 Å². The average molecular weight is 475 g/mol. The standard InChI is InChI=1S/C26H42N4S2/c31-26(29-23-13-15-30(16-14-23)18-22-9-5-2-6-10-22)25(27-17-24-19-32-20-28-24)12-11-21-7-3-1-4-8-21/h2,5-6,9-10,21,23-25,27-28H,1,3-4,7-8,11-20H2,(H,29,31)/t24-,25-/m1/s1. The van der Waals surface area contributed by atoms with E-state index in [0.717, 1.165) is 43.0 Å². The highest BCUT2D eigenvalue weighted by atomic mass is 32.2. The fourth-order valence-corrected chi connectivity index (χ4v) is 6.79. The Kier molecular flexibility index (Phi) is 10.2. The Labute approximate surface area is 205 Å². The van der Waals surface area contributed by atoms with Crippen LogP contribution in [-0.2, 0) is 6.54 Å². The van der Waals surface area contributed by atoms with Gasteiger partial charge < -0.3 is 16.0 Å². The van der Waals surface area contributed by atoms with Gasteiger partial charge in [-0.15, -0.1) is 11.8 Å². The van der Waals surface area contributed by atoms with Crippen molar-refractivity contribution >= 4 is 29.0 Å². The molecule has 2 aliphatic heterocycles. The third-order valence-corrected chi connectivity index (χ3v) is 8.90. The van der Waals surface area contributed by atoms with Gasteiger partial charge in [0.2, 0.25) is 0 Å². The minimum atomic E-state index is 0.321. The zero-order valence-corrected chi connectivity index (χ0v) is 21.2. The van der Waals surface area contributed by atoms with E-state index in [2.05, 4.69) is 51.2 Å². The number of thiocarbonyl (C=S) groups is 1. The van der Waals surface area contributed by atoms with Crippen molar-refractivity contribution < 1.29 is 0 Å². The van der Waals surface area contributed by atoms with Gasteiger partial charge >= 0.3 is 0 Å². The van der Waals surface area contributed by atoms with Crippen LogP contribution in [0.25, 0.3) is 0 Å². The normalized spacial score (nSPS) is 24.4. The first-order valence-electron chi connectivity index (χ1n) is 12.9. The van der Waals surface area contributed by atoms with Crippen LogP contribution in [0.3, 0.4) is 0 Å². The lowest BCUT2D eigenvalue weighted by Gasteiger charge is -2.34. The summed E-state index contributed by atoms with van der Waals surface area (Å²) in [6.45, 7) is 4.40. The highest BCUT2D eigenvalue weighted by Crippen LogP contribution is 2.28. The lowest BCUT2D eigenvalue weighted by Crippen LogP contribution is -2.52. The molecule has 2 saturated heterocycles. The number of hydrogen-bond donors (Lipinski definition) is 3. The molecule has 3 N–H and O–H groups in total. The number of rotatable bonds is 10. The zero-order chi connectivity index (χ0) is 22.0. The summed E-state index contributed by atoms with van der Waals surface area (Å²) in [6.07, 6.45) is 12.0. The summed E-state index contributed by atoms with van der Waals surface area (Å²) < 4.78 is 0. The summed E-state index contributed by atoms with van der Waals surface area (Å²) in [6, 6.07) is 12.3. The van der Waals surface area contributed by atoms with E-state index in [-0.39, 0.29) is 0 Å². The number of benzene rings is 1. The summed E-state index contributed by atoms with van der Waals surface area (Å²) in [5.41, 5.74) is 1.42. The Morgan fingerprint density at radius 2 is 1.88 bits per heavy atom. The molecule has 0 aromatic heterocycles. The minimum Gasteiger partial charge on any atom is -0.376 e. The highest BCUT2D eigenvalue weighted by Gasteiger charge is 2.25. The lowest BCUT2D eigenvalue weighted by atomic mass is 9.85. The molecule has 1 aliphatic carbocycles. The molecule has 1 saturated carbocycles. The monoisotopic (exact) mass is 474 g/mol. The van der Waals surface area contributed by atoms with Gasteiger partial charge in [0.25, 0.3) is 0 Å². The third-order valence-electron chi connectivity index (χ3n) is 7.49. The van der Waals surface area contributed by atoms with E-state index < -0.39 is 0 Å². The van der Waals surface area contributed by atoms with Crippen LogP contribution in [0.4, 0.5) is 0 Å². The molecule has 6 heteroatoms. The smallest absolute Gasteiger partial charge is 0.0927 e. The molecule has 32 heavy (non-hydrogen) atoms. The molecule has 4 rings (SSSR count). The third kappa shape index (κ3) is 7.98. The van der Waals surface area contributed by atoms with Gasteiger partial charge in [0.15, 0.2) is 0 Å². The molecule has 0 unspecified atom stereocenters. The van der Waals surface area contributed by atoms with Crippen molar-refractivity contribution in [3.05, 3.63) is 35.9 Å². The van der Waals surface area contributed by atoms with Crippen molar-refractivity contribution in [3.63, 3.8) is 0 Å². The summed E-state index contributed by atoms with van der Waals surface area (Å²) >= 11 is 7.99. The maximum atomic E-state index is 5.98. The van der Waals surface area contributed by atoms with Crippen LogP contribution in [0, 0.1) is 5.92 Å². The van der Waals surface area contributed by atoms with Gasteiger partial charge in [-0.05, 0) is 37.2 Å². The van der Waals surface area contributed by atoms with Crippen molar-refractivity contribution in [3.8, 4) is 0 Å². The molecule has 0 spiro atoms. The van der Waals surface area contributed by atoms with Crippen LogP contribution >= 0.6 is 24.0 Å². The van der Waals surface area contributed by atoms with E-state index in [0.29, 0.717) is 18.1 Å². The van der Waals surface area contributed by atoms with Gasteiger partial charge in [-0.2, -0.15) is 0 Å². The minimum absolute atomic E-state index is 0.321. The first kappa shape index (κ1) is 24.5. The second-order valence-corrected chi connectivity index (χ2v) is 11.5. The number of nitrogens with zero attached hydrogens (tertiary/aromatic N) is 1. The highest BCUT2D eigenvalue weighted by molar-refractivity contribution is 7.99. The van der Waals surface area contributed by atoms with Crippen LogP contribution in [0.2, 0.25) is 0 Å². The molecule has 2 heterocycles. The number of nitrogens with one attached hydrogen (secondary N) is 3. The van der Waals surface area contributed by atoms with Crippen molar-refractivity contribution in [2.45, 2.75) is 82.5 Å². The zero-order valence-electron chi connectivity index (χ0n) is 19.6. The van der Waals surface area contributed by atoms with Gasteiger partial charge in [-0.1, -0.05) is 74.7 Å². The fraction of sp³-hybridized carbons (Fsp3) is 0.731. The van der Waals surface area contributed by atoms with Crippen LogP contribution in [0.15, 0.2) is 30.3 Å². The molecule has 3 fully saturated rings. The number of hydrogen-bond acceptors (Lipinski definition) is 5. The number of likely N-dealkylation sites (tertiary alicyclic amines) is 1. The second-order valence-electron chi connectivity index (χ2n) is 10.0. The van der Waals surface area contributed by atoms with Crippen LogP contribution in [-0.4, -0.2) is 59.3 Å². The maximum absolute atomic E-state index is 5.98. The second kappa shape index (κ2) is 13.3. The molecule has 2 atom stereocenters. The van der Waals surface area contributed by atoms with E-state index in [1.54, 1.807) is 0 Å². The summed E-state index contributed by atoms with van der Waals surface area (Å²) in [5, 5.41) is 11.2. The van der Waals surface area contributed by atoms with Crippen LogP contribution in [0.5, 0.6) is 0 Å². The molecule has 4 nitrogen and oxygen atoms in total. The molecule has 178 valence electrons. The first-order valence-corrected chi connectivity index (χ1v) is 14.4. The Hall–Kier alpha value is -0.660. The fourth-order valence-electron chi connectivity index (χ4n) is 5.44. The van der Waals surface area contributed by atoms with E-state index >= 15 is 0 Å². The molecule has 0 radical (unpaired) electrons. The quantitative estimate of drug-likeness (QED) is 0.432. The molecule has 0 amide bonds. The maximum Gasteiger partial charge on any atom is 0.0927 e. The number of thioether (sulfide) groups is 1. The molecule has 3 aliphatic rings. The molecule has 0 bridgehead atoms. The summed E-state index contributed by atoms with van der Waals surface area (Å²) in [4.78, 5) is 3.65. The van der Waals surface area contributed by atoms with Crippen molar-refractivity contribution in [1.29, 1.82) is 0 Å². The molecule has 1 aromatic rings.